The third-order valence-corrected chi connectivity index (χ3v) is 4.17. The zero-order valence-corrected chi connectivity index (χ0v) is 13.1. The molecule has 24 heavy (non-hydrogen) atoms. The Morgan fingerprint density at radius 2 is 2.04 bits per heavy atom. The number of hydrogen-bond acceptors (Lipinski definition) is 5. The highest BCUT2D eigenvalue weighted by Gasteiger charge is 2.20. The van der Waals surface area contributed by atoms with Crippen molar-refractivity contribution in [1.29, 1.82) is 0 Å². The molecule has 1 N–H and O–H groups in total. The molecule has 0 amide bonds. The number of fused-ring (bicyclic) bond motifs is 1. The molecular formula is C17H18N4O3. The largest absolute Gasteiger partial charge is 0.486 e. The lowest BCUT2D eigenvalue weighted by Gasteiger charge is -2.22. The standard InChI is InChI=1S/C17H18N4O3/c22-17-14-10-18-21(12-6-8-23-9-7-12)16(14)19-15(20-17)11-24-13-4-2-1-3-5-13/h1-5,10,12H,6-9,11H2,(H,19,20,22). The molecule has 2 aromatic heterocycles. The molecule has 3 heterocycles. The van der Waals surface area contributed by atoms with Gasteiger partial charge in [0.1, 0.15) is 23.6 Å². The van der Waals surface area contributed by atoms with E-state index in [1.165, 1.54) is 0 Å². The van der Waals surface area contributed by atoms with Crippen LogP contribution in [0.1, 0.15) is 24.7 Å². The van der Waals surface area contributed by atoms with Gasteiger partial charge < -0.3 is 14.5 Å². The lowest BCUT2D eigenvalue weighted by molar-refractivity contribution is 0.0673. The van der Waals surface area contributed by atoms with Crippen LogP contribution in [0.15, 0.2) is 41.3 Å². The number of benzene rings is 1. The van der Waals surface area contributed by atoms with Gasteiger partial charge in [0.25, 0.3) is 5.56 Å². The van der Waals surface area contributed by atoms with Crippen molar-refractivity contribution in [2.75, 3.05) is 13.2 Å². The van der Waals surface area contributed by atoms with E-state index in [9.17, 15) is 4.79 Å². The van der Waals surface area contributed by atoms with Crippen LogP contribution in [0.5, 0.6) is 5.75 Å². The summed E-state index contributed by atoms with van der Waals surface area (Å²) in [5.74, 6) is 1.23. The van der Waals surface area contributed by atoms with Gasteiger partial charge in [-0.2, -0.15) is 5.10 Å². The number of para-hydroxylation sites is 1. The second-order valence-electron chi connectivity index (χ2n) is 5.78. The van der Waals surface area contributed by atoms with Gasteiger partial charge in [-0.1, -0.05) is 18.2 Å². The van der Waals surface area contributed by atoms with Crippen molar-refractivity contribution in [3.8, 4) is 5.75 Å². The Bertz CT molecular complexity index is 882. The maximum Gasteiger partial charge on any atom is 0.262 e. The second kappa shape index (κ2) is 6.45. The van der Waals surface area contributed by atoms with Crippen LogP contribution in [0.2, 0.25) is 0 Å². The average molecular weight is 326 g/mol. The fraction of sp³-hybridized carbons (Fsp3) is 0.353. The summed E-state index contributed by atoms with van der Waals surface area (Å²) in [7, 11) is 0. The van der Waals surface area contributed by atoms with Crippen LogP contribution in [0.25, 0.3) is 11.0 Å². The molecule has 3 aromatic rings. The van der Waals surface area contributed by atoms with Crippen LogP contribution in [0.4, 0.5) is 0 Å². The summed E-state index contributed by atoms with van der Waals surface area (Å²) in [5, 5.41) is 4.88. The molecule has 124 valence electrons. The second-order valence-corrected chi connectivity index (χ2v) is 5.78. The van der Waals surface area contributed by atoms with E-state index < -0.39 is 0 Å². The lowest BCUT2D eigenvalue weighted by atomic mass is 10.1. The Hall–Kier alpha value is -2.67. The van der Waals surface area contributed by atoms with E-state index in [0.29, 0.717) is 30.1 Å². The van der Waals surface area contributed by atoms with Crippen molar-refractivity contribution in [2.24, 2.45) is 0 Å². The molecule has 1 aliphatic rings. The number of aromatic nitrogens is 4. The van der Waals surface area contributed by atoms with Crippen molar-refractivity contribution in [3.05, 3.63) is 52.7 Å². The number of nitrogens with one attached hydrogen (secondary N) is 1. The van der Waals surface area contributed by atoms with E-state index in [1.807, 2.05) is 35.0 Å². The van der Waals surface area contributed by atoms with Crippen molar-refractivity contribution in [2.45, 2.75) is 25.5 Å². The minimum absolute atomic E-state index is 0.190. The quantitative estimate of drug-likeness (QED) is 0.793. The van der Waals surface area contributed by atoms with Crippen LogP contribution in [-0.2, 0) is 11.3 Å². The van der Waals surface area contributed by atoms with Gasteiger partial charge in [-0.05, 0) is 25.0 Å². The first kappa shape index (κ1) is 14.9. The fourth-order valence-corrected chi connectivity index (χ4v) is 2.92. The summed E-state index contributed by atoms with van der Waals surface area (Å²) in [5.41, 5.74) is 0.419. The molecule has 0 atom stereocenters. The molecule has 0 spiro atoms. The first-order valence-corrected chi connectivity index (χ1v) is 8.03. The molecular weight excluding hydrogens is 308 g/mol. The average Bonchev–Trinajstić information content (AvgIpc) is 3.06. The van der Waals surface area contributed by atoms with Crippen LogP contribution in [-0.4, -0.2) is 33.0 Å². The first-order valence-electron chi connectivity index (χ1n) is 8.03. The van der Waals surface area contributed by atoms with Gasteiger partial charge >= 0.3 is 0 Å². The molecule has 0 unspecified atom stereocenters. The van der Waals surface area contributed by atoms with E-state index in [1.54, 1.807) is 6.20 Å². The Morgan fingerprint density at radius 1 is 1.25 bits per heavy atom. The number of H-pyrrole nitrogens is 1. The van der Waals surface area contributed by atoms with Crippen molar-refractivity contribution in [1.82, 2.24) is 19.7 Å². The summed E-state index contributed by atoms with van der Waals surface area (Å²) < 4.78 is 12.9. The van der Waals surface area contributed by atoms with Gasteiger partial charge in [0, 0.05) is 13.2 Å². The fourth-order valence-electron chi connectivity index (χ4n) is 2.92. The number of nitrogens with zero attached hydrogens (tertiary/aromatic N) is 3. The predicted octanol–water partition coefficient (Wildman–Crippen LogP) is 2.05. The predicted molar refractivity (Wildman–Crippen MR) is 88.0 cm³/mol. The third kappa shape index (κ3) is 2.90. The van der Waals surface area contributed by atoms with Gasteiger partial charge in [0.2, 0.25) is 0 Å². The molecule has 4 rings (SSSR count). The van der Waals surface area contributed by atoms with E-state index in [4.69, 9.17) is 9.47 Å². The summed E-state index contributed by atoms with van der Waals surface area (Å²) in [6.45, 7) is 1.62. The van der Waals surface area contributed by atoms with Crippen molar-refractivity contribution >= 4 is 11.0 Å². The molecule has 1 saturated heterocycles. The molecule has 1 aliphatic heterocycles. The summed E-state index contributed by atoms with van der Waals surface area (Å²) in [6, 6.07) is 9.66. The maximum atomic E-state index is 12.3. The zero-order chi connectivity index (χ0) is 16.4. The Morgan fingerprint density at radius 3 is 2.83 bits per heavy atom. The highest BCUT2D eigenvalue weighted by Crippen LogP contribution is 2.23. The Labute approximate surface area is 138 Å². The zero-order valence-electron chi connectivity index (χ0n) is 13.1. The molecule has 1 fully saturated rings. The van der Waals surface area contributed by atoms with Crippen molar-refractivity contribution < 1.29 is 9.47 Å². The minimum Gasteiger partial charge on any atom is -0.486 e. The molecule has 0 bridgehead atoms. The summed E-state index contributed by atoms with van der Waals surface area (Å²) in [4.78, 5) is 19.6. The van der Waals surface area contributed by atoms with Gasteiger partial charge in [0.05, 0.1) is 12.2 Å². The Kier molecular flexibility index (Phi) is 4.00. The van der Waals surface area contributed by atoms with Gasteiger partial charge in [-0.3, -0.25) is 4.79 Å². The van der Waals surface area contributed by atoms with Crippen LogP contribution >= 0.6 is 0 Å². The van der Waals surface area contributed by atoms with Crippen LogP contribution < -0.4 is 10.3 Å². The number of rotatable bonds is 4. The molecule has 0 radical (unpaired) electrons. The highest BCUT2D eigenvalue weighted by molar-refractivity contribution is 5.73. The molecule has 0 saturated carbocycles. The number of ether oxygens (including phenoxy) is 2. The monoisotopic (exact) mass is 326 g/mol. The molecule has 0 aliphatic carbocycles. The third-order valence-electron chi connectivity index (χ3n) is 4.17. The van der Waals surface area contributed by atoms with Crippen LogP contribution in [0.3, 0.4) is 0 Å². The minimum atomic E-state index is -0.190. The van der Waals surface area contributed by atoms with Crippen LogP contribution in [0, 0.1) is 0 Å². The molecule has 7 heteroatoms. The summed E-state index contributed by atoms with van der Waals surface area (Å²) in [6.07, 6.45) is 3.33. The van der Waals surface area contributed by atoms with E-state index >= 15 is 0 Å². The normalized spacial score (nSPS) is 15.7. The lowest BCUT2D eigenvalue weighted by Crippen LogP contribution is -2.21. The highest BCUT2D eigenvalue weighted by atomic mass is 16.5. The van der Waals surface area contributed by atoms with E-state index in [-0.39, 0.29) is 18.2 Å². The van der Waals surface area contributed by atoms with Gasteiger partial charge in [-0.25, -0.2) is 9.67 Å². The van der Waals surface area contributed by atoms with E-state index in [2.05, 4.69) is 15.1 Å². The maximum absolute atomic E-state index is 12.3. The topological polar surface area (TPSA) is 82.0 Å². The summed E-state index contributed by atoms with van der Waals surface area (Å²) >= 11 is 0. The van der Waals surface area contributed by atoms with Gasteiger partial charge in [-0.15, -0.1) is 0 Å². The number of aromatic amines is 1. The SMILES string of the molecule is O=c1[nH]c(COc2ccccc2)nc2c1cnn2C1CCOCC1. The van der Waals surface area contributed by atoms with Gasteiger partial charge in [0.15, 0.2) is 5.65 Å². The molecule has 1 aromatic carbocycles. The number of hydrogen-bond donors (Lipinski definition) is 1. The van der Waals surface area contributed by atoms with E-state index in [0.717, 1.165) is 18.6 Å². The van der Waals surface area contributed by atoms with Crippen molar-refractivity contribution in [3.63, 3.8) is 0 Å². The smallest absolute Gasteiger partial charge is 0.262 e. The molecule has 7 nitrogen and oxygen atoms in total. The first-order chi connectivity index (χ1) is 11.8. The Balaban J connectivity index is 1.63.